The van der Waals surface area contributed by atoms with Crippen LogP contribution in [0.3, 0.4) is 0 Å². The van der Waals surface area contributed by atoms with Crippen molar-refractivity contribution in [1.29, 1.82) is 0 Å². The van der Waals surface area contributed by atoms with Crippen molar-refractivity contribution < 1.29 is 22.9 Å². The van der Waals surface area contributed by atoms with E-state index in [4.69, 9.17) is 0 Å². The van der Waals surface area contributed by atoms with Crippen molar-refractivity contribution in [2.24, 2.45) is 0 Å². The zero-order valence-corrected chi connectivity index (χ0v) is 17.9. The van der Waals surface area contributed by atoms with Crippen LogP contribution in [0.5, 0.6) is 0 Å². The van der Waals surface area contributed by atoms with Gasteiger partial charge in [-0.3, -0.25) is 0 Å². The molecular weight excluding hydrogens is 443 g/mol. The van der Waals surface area contributed by atoms with Crippen LogP contribution >= 0.6 is 0 Å². The minimum atomic E-state index is -0.920. The van der Waals surface area contributed by atoms with Gasteiger partial charge in [0.05, 0.1) is 0 Å². The molecule has 0 aliphatic heterocycles. The third kappa shape index (κ3) is 2.45. The Morgan fingerprint density at radius 2 is 1.09 bits per heavy atom. The van der Waals surface area contributed by atoms with Gasteiger partial charge >= 0.3 is 151 Å². The molecule has 4 rings (SSSR count). The molecule has 2 aromatic rings. The molecule has 2 aromatic carbocycles. The summed E-state index contributed by atoms with van der Waals surface area (Å²) in [6.45, 7) is 9.20. The molecule has 0 amide bonds. The van der Waals surface area contributed by atoms with Gasteiger partial charge in [0.15, 0.2) is 0 Å². The summed E-state index contributed by atoms with van der Waals surface area (Å²) in [5, 5.41) is 0. The van der Waals surface area contributed by atoms with E-state index in [1.54, 1.807) is 22.3 Å². The molecule has 0 spiro atoms. The number of hydrogen-bond acceptors (Lipinski definition) is 0. The molecule has 2 aliphatic carbocycles. The Kier molecular flexibility index (Phi) is 3.80. The van der Waals surface area contributed by atoms with Gasteiger partial charge in [-0.1, -0.05) is 0 Å². The predicted octanol–water partition coefficient (Wildman–Crippen LogP) is 6.00. The van der Waals surface area contributed by atoms with Crippen LogP contribution in [0.2, 0.25) is 0 Å². The summed E-state index contributed by atoms with van der Waals surface area (Å²) in [5.41, 5.74) is 12.3. The molecular formula is C22H22Hf. The second-order valence-corrected chi connectivity index (χ2v) is 12.3. The number of allylic oxidation sites excluding steroid dienone is 2. The van der Waals surface area contributed by atoms with Crippen LogP contribution in [0.15, 0.2) is 47.5 Å². The van der Waals surface area contributed by atoms with E-state index in [1.165, 1.54) is 22.3 Å². The molecule has 2 atom stereocenters. The van der Waals surface area contributed by atoms with Gasteiger partial charge in [-0.25, -0.2) is 0 Å². The Morgan fingerprint density at radius 3 is 1.52 bits per heavy atom. The Morgan fingerprint density at radius 1 is 0.652 bits per heavy atom. The molecule has 23 heavy (non-hydrogen) atoms. The molecule has 0 radical (unpaired) electrons. The van der Waals surface area contributed by atoms with E-state index < -0.39 is 22.9 Å². The normalized spacial score (nSPS) is 21.6. The van der Waals surface area contributed by atoms with E-state index in [1.807, 2.05) is 0 Å². The third-order valence-corrected chi connectivity index (χ3v) is 13.2. The fourth-order valence-corrected chi connectivity index (χ4v) is 10.8. The Bertz CT molecular complexity index is 783. The third-order valence-electron chi connectivity index (χ3n) is 5.33. The van der Waals surface area contributed by atoms with Crippen molar-refractivity contribution in [3.8, 4) is 0 Å². The molecule has 2 unspecified atom stereocenters. The summed E-state index contributed by atoms with van der Waals surface area (Å²) in [4.78, 5) is 0. The molecule has 0 heterocycles. The van der Waals surface area contributed by atoms with E-state index in [0.717, 1.165) is 7.35 Å². The molecule has 2 aliphatic rings. The van der Waals surface area contributed by atoms with Gasteiger partial charge in [-0.2, -0.15) is 0 Å². The van der Waals surface area contributed by atoms with Gasteiger partial charge in [0.1, 0.15) is 0 Å². The fraction of sp³-hybridized carbons (Fsp3) is 0.273. The van der Waals surface area contributed by atoms with E-state index in [-0.39, 0.29) is 0 Å². The number of benzene rings is 2. The molecule has 114 valence electrons. The number of hydrogen-bond donors (Lipinski definition) is 0. The zero-order chi connectivity index (χ0) is 16.1. The quantitative estimate of drug-likeness (QED) is 0.478. The number of fused-ring (bicyclic) bond motifs is 2. The molecule has 0 N–H and O–H groups in total. The van der Waals surface area contributed by atoms with Crippen molar-refractivity contribution >= 4 is 12.2 Å². The second kappa shape index (κ2) is 5.70. The first-order chi connectivity index (χ1) is 11.1. The summed E-state index contributed by atoms with van der Waals surface area (Å²) in [6.07, 6.45) is 4.90. The van der Waals surface area contributed by atoms with Crippen LogP contribution in [-0.4, -0.2) is 0 Å². The van der Waals surface area contributed by atoms with Gasteiger partial charge in [-0.15, -0.1) is 0 Å². The maximum absolute atomic E-state index is 2.45. The second-order valence-electron chi connectivity index (χ2n) is 6.97. The fourth-order valence-electron chi connectivity index (χ4n) is 4.03. The molecule has 0 bridgehead atoms. The first kappa shape index (κ1) is 15.3. The van der Waals surface area contributed by atoms with Crippen LogP contribution in [0.1, 0.15) is 54.6 Å². The zero-order valence-electron chi connectivity index (χ0n) is 14.3. The van der Waals surface area contributed by atoms with Crippen molar-refractivity contribution in [2.75, 3.05) is 0 Å². The first-order valence-corrected chi connectivity index (χ1v) is 12.5. The summed E-state index contributed by atoms with van der Waals surface area (Å²) >= 11 is -0.920. The maximum atomic E-state index is 2.45. The summed E-state index contributed by atoms with van der Waals surface area (Å²) in [5.74, 6) is 0. The van der Waals surface area contributed by atoms with Crippen molar-refractivity contribution in [2.45, 2.75) is 35.0 Å². The average Bonchev–Trinajstić information content (AvgIpc) is 3.01. The Labute approximate surface area is 150 Å². The van der Waals surface area contributed by atoms with Gasteiger partial charge in [0.25, 0.3) is 0 Å². The van der Waals surface area contributed by atoms with Crippen molar-refractivity contribution in [3.63, 3.8) is 0 Å². The van der Waals surface area contributed by atoms with Crippen LogP contribution in [0.4, 0.5) is 0 Å². The van der Waals surface area contributed by atoms with Gasteiger partial charge < -0.3 is 0 Å². The monoisotopic (exact) mass is 466 g/mol. The summed E-state index contributed by atoms with van der Waals surface area (Å²) < 4.78 is 1.51. The average molecular weight is 465 g/mol. The SMILES string of the molecule is CC1=Cc2c(C)cccc2[CH]1[Hf][CH]1C(C)=Cc2c(C)cccc21. The van der Waals surface area contributed by atoms with Crippen LogP contribution in [0.25, 0.3) is 12.2 Å². The molecule has 0 fully saturated rings. The van der Waals surface area contributed by atoms with Gasteiger partial charge in [0, 0.05) is 0 Å². The van der Waals surface area contributed by atoms with E-state index in [9.17, 15) is 0 Å². The molecule has 0 saturated heterocycles. The number of rotatable bonds is 2. The first-order valence-electron chi connectivity index (χ1n) is 8.37. The minimum absolute atomic E-state index is 0.754. The van der Waals surface area contributed by atoms with E-state index >= 15 is 0 Å². The number of aryl methyl sites for hydroxylation is 2. The standard InChI is InChI=1S/2C11H11.Hf/c2*1-8-6-10-5-3-4-9(2)11(10)7-8;/h2*3-7H,1-2H3;. The molecule has 1 heteroatoms. The van der Waals surface area contributed by atoms with Crippen LogP contribution < -0.4 is 0 Å². The topological polar surface area (TPSA) is 0 Å². The molecule has 0 saturated carbocycles. The van der Waals surface area contributed by atoms with Crippen LogP contribution in [-0.2, 0) is 22.9 Å². The van der Waals surface area contributed by atoms with E-state index in [0.29, 0.717) is 0 Å². The Hall–Kier alpha value is -1.21. The summed E-state index contributed by atoms with van der Waals surface area (Å²) in [6, 6.07) is 13.7. The van der Waals surface area contributed by atoms with E-state index in [2.05, 4.69) is 76.2 Å². The Balaban J connectivity index is 1.72. The molecule has 0 aromatic heterocycles. The van der Waals surface area contributed by atoms with Gasteiger partial charge in [-0.05, 0) is 0 Å². The summed E-state index contributed by atoms with van der Waals surface area (Å²) in [7, 11) is 0. The van der Waals surface area contributed by atoms with Crippen LogP contribution in [0, 0.1) is 13.8 Å². The van der Waals surface area contributed by atoms with Crippen molar-refractivity contribution in [3.05, 3.63) is 80.9 Å². The van der Waals surface area contributed by atoms with Gasteiger partial charge in [0.2, 0.25) is 0 Å². The molecule has 0 nitrogen and oxygen atoms in total. The predicted molar refractivity (Wildman–Crippen MR) is 95.1 cm³/mol. The van der Waals surface area contributed by atoms with Crippen molar-refractivity contribution in [1.82, 2.24) is 0 Å².